The first-order valence-electron chi connectivity index (χ1n) is 9.41. The zero-order valence-corrected chi connectivity index (χ0v) is 15.4. The summed E-state index contributed by atoms with van der Waals surface area (Å²) in [4.78, 5) is 18.9. The predicted octanol–water partition coefficient (Wildman–Crippen LogP) is 3.26. The normalized spacial score (nSPS) is 18.5. The van der Waals surface area contributed by atoms with Crippen LogP contribution in [0.1, 0.15) is 38.2 Å². The summed E-state index contributed by atoms with van der Waals surface area (Å²) >= 11 is 0. The standard InChI is InChI=1S/C20H29N3O2/c1-3-22-11-7-18-14-17(15-21-20(18)22)13-16-5-4-9-23(10-6-16)19(24)8-12-25-2/h7,11,14-16H,3-6,8-10,12-13H2,1-2H3/t16-/m0/s1. The van der Waals surface area contributed by atoms with Crippen LogP contribution in [0.3, 0.4) is 0 Å². The van der Waals surface area contributed by atoms with Gasteiger partial charge in [-0.05, 0) is 56.2 Å². The number of ether oxygens (including phenoxy) is 1. The first kappa shape index (κ1) is 17.9. The van der Waals surface area contributed by atoms with Gasteiger partial charge in [0.15, 0.2) is 0 Å². The number of hydrogen-bond acceptors (Lipinski definition) is 3. The number of nitrogens with zero attached hydrogens (tertiary/aromatic N) is 3. The fraction of sp³-hybridized carbons (Fsp3) is 0.600. The zero-order chi connectivity index (χ0) is 17.6. The van der Waals surface area contributed by atoms with Crippen LogP contribution >= 0.6 is 0 Å². The smallest absolute Gasteiger partial charge is 0.224 e. The minimum atomic E-state index is 0.228. The summed E-state index contributed by atoms with van der Waals surface area (Å²) in [6.45, 7) is 5.36. The largest absolute Gasteiger partial charge is 0.384 e. The average molecular weight is 343 g/mol. The van der Waals surface area contributed by atoms with Gasteiger partial charge in [-0.15, -0.1) is 0 Å². The maximum Gasteiger partial charge on any atom is 0.224 e. The lowest BCUT2D eigenvalue weighted by Crippen LogP contribution is -2.32. The lowest BCUT2D eigenvalue weighted by Gasteiger charge is -2.20. The van der Waals surface area contributed by atoms with Crippen LogP contribution < -0.4 is 0 Å². The van der Waals surface area contributed by atoms with Crippen LogP contribution in [0.15, 0.2) is 24.5 Å². The summed E-state index contributed by atoms with van der Waals surface area (Å²) in [5.74, 6) is 0.860. The maximum atomic E-state index is 12.2. The van der Waals surface area contributed by atoms with Crippen molar-refractivity contribution in [2.45, 2.75) is 45.6 Å². The van der Waals surface area contributed by atoms with Crippen molar-refractivity contribution in [2.24, 2.45) is 5.92 Å². The molecule has 0 spiro atoms. The number of hydrogen-bond donors (Lipinski definition) is 0. The van der Waals surface area contributed by atoms with Crippen LogP contribution in [0.2, 0.25) is 0 Å². The van der Waals surface area contributed by atoms with E-state index in [1.165, 1.54) is 17.4 Å². The van der Waals surface area contributed by atoms with E-state index in [9.17, 15) is 4.79 Å². The van der Waals surface area contributed by atoms with Gasteiger partial charge in [-0.1, -0.05) is 0 Å². The first-order valence-corrected chi connectivity index (χ1v) is 9.41. The highest BCUT2D eigenvalue weighted by atomic mass is 16.5. The van der Waals surface area contributed by atoms with Gasteiger partial charge in [-0.3, -0.25) is 4.79 Å². The second kappa shape index (κ2) is 8.48. The summed E-state index contributed by atoms with van der Waals surface area (Å²) in [5, 5.41) is 1.23. The highest BCUT2D eigenvalue weighted by Crippen LogP contribution is 2.24. The Hall–Kier alpha value is -1.88. The highest BCUT2D eigenvalue weighted by Gasteiger charge is 2.20. The average Bonchev–Trinajstić information content (AvgIpc) is 2.89. The zero-order valence-electron chi connectivity index (χ0n) is 15.4. The van der Waals surface area contributed by atoms with Gasteiger partial charge in [-0.25, -0.2) is 4.98 Å². The Morgan fingerprint density at radius 3 is 3.04 bits per heavy atom. The number of aryl methyl sites for hydroxylation is 1. The third-order valence-electron chi connectivity index (χ3n) is 5.24. The third-order valence-corrected chi connectivity index (χ3v) is 5.24. The molecule has 3 heterocycles. The van der Waals surface area contributed by atoms with Gasteiger partial charge >= 0.3 is 0 Å². The Balaban J connectivity index is 1.59. The second-order valence-electron chi connectivity index (χ2n) is 6.98. The van der Waals surface area contributed by atoms with Crippen molar-refractivity contribution in [1.29, 1.82) is 0 Å². The van der Waals surface area contributed by atoms with E-state index in [2.05, 4.69) is 34.8 Å². The van der Waals surface area contributed by atoms with Crippen molar-refractivity contribution in [3.05, 3.63) is 30.1 Å². The van der Waals surface area contributed by atoms with E-state index in [1.54, 1.807) is 7.11 Å². The molecular weight excluding hydrogens is 314 g/mol. The molecule has 1 amide bonds. The molecule has 0 unspecified atom stereocenters. The lowest BCUT2D eigenvalue weighted by atomic mass is 9.93. The Bertz CT molecular complexity index is 710. The number of aromatic nitrogens is 2. The molecule has 1 aliphatic heterocycles. The Morgan fingerprint density at radius 1 is 1.36 bits per heavy atom. The minimum Gasteiger partial charge on any atom is -0.384 e. The van der Waals surface area contributed by atoms with Gasteiger partial charge in [0.25, 0.3) is 0 Å². The topological polar surface area (TPSA) is 47.4 Å². The molecule has 2 aromatic heterocycles. The molecule has 0 aliphatic carbocycles. The Kier molecular flexibility index (Phi) is 6.08. The number of methoxy groups -OCH3 is 1. The van der Waals surface area contributed by atoms with Crippen molar-refractivity contribution in [3.8, 4) is 0 Å². The molecule has 3 rings (SSSR count). The van der Waals surface area contributed by atoms with Gasteiger partial charge in [-0.2, -0.15) is 0 Å². The van der Waals surface area contributed by atoms with E-state index in [0.717, 1.165) is 44.5 Å². The van der Waals surface area contributed by atoms with Crippen LogP contribution in [0.25, 0.3) is 11.0 Å². The van der Waals surface area contributed by atoms with E-state index >= 15 is 0 Å². The molecule has 0 saturated carbocycles. The first-order chi connectivity index (χ1) is 12.2. The van der Waals surface area contributed by atoms with E-state index in [1.807, 2.05) is 11.1 Å². The predicted molar refractivity (Wildman–Crippen MR) is 99.5 cm³/mol. The SMILES string of the molecule is CCn1ccc2cc(C[C@H]3CCCN(C(=O)CCOC)CC3)cnc21. The van der Waals surface area contributed by atoms with Crippen LogP contribution in [0.4, 0.5) is 0 Å². The summed E-state index contributed by atoms with van der Waals surface area (Å²) < 4.78 is 7.20. The molecule has 1 saturated heterocycles. The van der Waals surface area contributed by atoms with Gasteiger partial charge < -0.3 is 14.2 Å². The van der Waals surface area contributed by atoms with E-state index in [4.69, 9.17) is 4.74 Å². The van der Waals surface area contributed by atoms with Gasteiger partial charge in [0.05, 0.1) is 13.0 Å². The van der Waals surface area contributed by atoms with Gasteiger partial charge in [0.2, 0.25) is 5.91 Å². The number of fused-ring (bicyclic) bond motifs is 1. The summed E-state index contributed by atoms with van der Waals surface area (Å²) in [6.07, 6.45) is 9.04. The molecule has 1 atom stereocenters. The summed E-state index contributed by atoms with van der Waals surface area (Å²) in [6, 6.07) is 4.43. The number of rotatable bonds is 6. The number of amides is 1. The lowest BCUT2D eigenvalue weighted by molar-refractivity contribution is -0.132. The van der Waals surface area contributed by atoms with Crippen molar-refractivity contribution >= 4 is 16.9 Å². The third kappa shape index (κ3) is 4.40. The van der Waals surface area contributed by atoms with Gasteiger partial charge in [0, 0.05) is 44.5 Å². The molecular formula is C20H29N3O2. The van der Waals surface area contributed by atoms with Gasteiger partial charge in [0.1, 0.15) is 5.65 Å². The molecule has 0 bridgehead atoms. The van der Waals surface area contributed by atoms with Crippen molar-refractivity contribution < 1.29 is 9.53 Å². The van der Waals surface area contributed by atoms with E-state index in [0.29, 0.717) is 18.9 Å². The fourth-order valence-electron chi connectivity index (χ4n) is 3.79. The van der Waals surface area contributed by atoms with Crippen molar-refractivity contribution in [3.63, 3.8) is 0 Å². The van der Waals surface area contributed by atoms with E-state index < -0.39 is 0 Å². The van der Waals surface area contributed by atoms with Crippen molar-refractivity contribution in [1.82, 2.24) is 14.5 Å². The molecule has 0 radical (unpaired) electrons. The van der Waals surface area contributed by atoms with Crippen LogP contribution in [-0.2, 0) is 22.5 Å². The number of carbonyl (C=O) groups excluding carboxylic acids is 1. The van der Waals surface area contributed by atoms with E-state index in [-0.39, 0.29) is 5.91 Å². The molecule has 5 heteroatoms. The Morgan fingerprint density at radius 2 is 2.24 bits per heavy atom. The molecule has 0 N–H and O–H groups in total. The number of likely N-dealkylation sites (tertiary alicyclic amines) is 1. The van der Waals surface area contributed by atoms with Crippen LogP contribution in [0, 0.1) is 5.92 Å². The quantitative estimate of drug-likeness (QED) is 0.809. The molecule has 0 aromatic carbocycles. The number of carbonyl (C=O) groups is 1. The van der Waals surface area contributed by atoms with Crippen LogP contribution in [0.5, 0.6) is 0 Å². The summed E-state index contributed by atoms with van der Waals surface area (Å²) in [5.41, 5.74) is 2.38. The highest BCUT2D eigenvalue weighted by molar-refractivity contribution is 5.77. The minimum absolute atomic E-state index is 0.228. The molecule has 136 valence electrons. The summed E-state index contributed by atoms with van der Waals surface area (Å²) in [7, 11) is 1.64. The fourth-order valence-corrected chi connectivity index (χ4v) is 3.79. The molecule has 1 aliphatic rings. The number of pyridine rings is 1. The van der Waals surface area contributed by atoms with Crippen LogP contribution in [-0.4, -0.2) is 47.2 Å². The second-order valence-corrected chi connectivity index (χ2v) is 6.98. The monoisotopic (exact) mass is 343 g/mol. The van der Waals surface area contributed by atoms with Crippen molar-refractivity contribution in [2.75, 3.05) is 26.8 Å². The maximum absolute atomic E-state index is 12.2. The molecule has 1 fully saturated rings. The molecule has 5 nitrogen and oxygen atoms in total. The molecule has 2 aromatic rings. The Labute approximate surface area is 150 Å². The molecule has 25 heavy (non-hydrogen) atoms.